The number of carbonyl (C=O) groups excluding carboxylic acids is 2. The molecule has 2 atom stereocenters. The van der Waals surface area contributed by atoms with Crippen LogP contribution in [-0.4, -0.2) is 28.8 Å². The Kier molecular flexibility index (Phi) is 5.12. The lowest BCUT2D eigenvalue weighted by atomic mass is 9.83. The number of ketones is 1. The number of aliphatic carboxylic acids is 1. The van der Waals surface area contributed by atoms with Gasteiger partial charge in [0.2, 0.25) is 5.91 Å². The molecule has 0 spiro atoms. The van der Waals surface area contributed by atoms with Gasteiger partial charge in [-0.3, -0.25) is 9.59 Å². The van der Waals surface area contributed by atoms with Crippen molar-refractivity contribution in [2.45, 2.75) is 38.1 Å². The van der Waals surface area contributed by atoms with Crippen molar-refractivity contribution in [3.8, 4) is 0 Å². The third-order valence-electron chi connectivity index (χ3n) is 4.75. The summed E-state index contributed by atoms with van der Waals surface area (Å²) in [6.45, 7) is 0. The first-order valence-corrected chi connectivity index (χ1v) is 8.54. The summed E-state index contributed by atoms with van der Waals surface area (Å²) in [6.07, 6.45) is 2.20. The van der Waals surface area contributed by atoms with E-state index in [1.807, 2.05) is 42.5 Å². The highest BCUT2D eigenvalue weighted by Gasteiger charge is 2.33. The van der Waals surface area contributed by atoms with Crippen LogP contribution in [0, 0.1) is 5.92 Å². The van der Waals surface area contributed by atoms with Crippen LogP contribution < -0.4 is 5.32 Å². The lowest BCUT2D eigenvalue weighted by Crippen LogP contribution is -2.47. The molecule has 130 valence electrons. The molecule has 0 unspecified atom stereocenters. The summed E-state index contributed by atoms with van der Waals surface area (Å²) in [5.74, 6) is -1.65. The molecular formula is C20H21NO4. The third kappa shape index (κ3) is 4.24. The smallest absolute Gasteiger partial charge is 0.326 e. The number of carboxylic acids is 1. The molecule has 0 heterocycles. The summed E-state index contributed by atoms with van der Waals surface area (Å²) in [5.41, 5.74) is 0.833. The van der Waals surface area contributed by atoms with E-state index in [4.69, 9.17) is 0 Å². The van der Waals surface area contributed by atoms with Gasteiger partial charge in [-0.25, -0.2) is 4.79 Å². The number of benzene rings is 2. The Bertz CT molecular complexity index is 814. The highest BCUT2D eigenvalue weighted by molar-refractivity contribution is 5.88. The summed E-state index contributed by atoms with van der Waals surface area (Å²) in [6, 6.07) is 12.6. The van der Waals surface area contributed by atoms with E-state index in [-0.39, 0.29) is 30.4 Å². The van der Waals surface area contributed by atoms with E-state index in [0.717, 1.165) is 16.3 Å². The van der Waals surface area contributed by atoms with Gasteiger partial charge in [-0.15, -0.1) is 0 Å². The van der Waals surface area contributed by atoms with Crippen molar-refractivity contribution < 1.29 is 19.5 Å². The predicted molar refractivity (Wildman–Crippen MR) is 94.2 cm³/mol. The first kappa shape index (κ1) is 17.1. The van der Waals surface area contributed by atoms with Crippen molar-refractivity contribution >= 4 is 28.4 Å². The molecule has 5 heteroatoms. The molecule has 1 aliphatic carbocycles. The molecule has 1 saturated carbocycles. The van der Waals surface area contributed by atoms with Crippen LogP contribution in [0.4, 0.5) is 0 Å². The van der Waals surface area contributed by atoms with Gasteiger partial charge in [0, 0.05) is 12.8 Å². The van der Waals surface area contributed by atoms with Crippen LogP contribution in [0.5, 0.6) is 0 Å². The molecule has 2 aromatic carbocycles. The highest BCUT2D eigenvalue weighted by atomic mass is 16.4. The van der Waals surface area contributed by atoms with Crippen LogP contribution >= 0.6 is 0 Å². The number of amides is 1. The summed E-state index contributed by atoms with van der Waals surface area (Å²) >= 11 is 0. The molecular weight excluding hydrogens is 318 g/mol. The van der Waals surface area contributed by atoms with Gasteiger partial charge < -0.3 is 10.4 Å². The van der Waals surface area contributed by atoms with Gasteiger partial charge in [-0.1, -0.05) is 42.5 Å². The van der Waals surface area contributed by atoms with Gasteiger partial charge in [0.1, 0.15) is 11.8 Å². The molecule has 2 aromatic rings. The number of Topliss-reactive ketones (excluding diaryl/α,β-unsaturated/α-hetero) is 1. The van der Waals surface area contributed by atoms with Crippen molar-refractivity contribution in [3.05, 3.63) is 48.0 Å². The molecule has 1 aliphatic rings. The van der Waals surface area contributed by atoms with Gasteiger partial charge in [0.15, 0.2) is 0 Å². The largest absolute Gasteiger partial charge is 0.480 e. The Labute approximate surface area is 146 Å². The summed E-state index contributed by atoms with van der Waals surface area (Å²) < 4.78 is 0. The molecule has 0 saturated heterocycles. The molecule has 0 radical (unpaired) electrons. The second-order valence-corrected chi connectivity index (χ2v) is 6.64. The van der Waals surface area contributed by atoms with Gasteiger partial charge in [0.25, 0.3) is 0 Å². The van der Waals surface area contributed by atoms with Crippen molar-refractivity contribution in [1.29, 1.82) is 0 Å². The Hall–Kier alpha value is -2.69. The fraction of sp³-hybridized carbons (Fsp3) is 0.350. The Morgan fingerprint density at radius 2 is 1.92 bits per heavy atom. The van der Waals surface area contributed by atoms with E-state index < -0.39 is 12.0 Å². The lowest BCUT2D eigenvalue weighted by molar-refractivity contribution is -0.144. The van der Waals surface area contributed by atoms with Crippen LogP contribution in [0.1, 0.15) is 31.2 Å². The monoisotopic (exact) mass is 339 g/mol. The summed E-state index contributed by atoms with van der Waals surface area (Å²) in [5, 5.41) is 14.2. The minimum Gasteiger partial charge on any atom is -0.480 e. The van der Waals surface area contributed by atoms with E-state index in [9.17, 15) is 19.5 Å². The maximum absolute atomic E-state index is 12.3. The number of carboxylic acid groups (broad SMARTS) is 1. The maximum Gasteiger partial charge on any atom is 0.326 e. The van der Waals surface area contributed by atoms with Crippen molar-refractivity contribution in [1.82, 2.24) is 5.32 Å². The van der Waals surface area contributed by atoms with Crippen LogP contribution in [0.15, 0.2) is 42.5 Å². The first-order chi connectivity index (χ1) is 12.0. The van der Waals surface area contributed by atoms with Gasteiger partial charge >= 0.3 is 5.97 Å². The number of hydrogen-bond acceptors (Lipinski definition) is 3. The molecule has 1 amide bonds. The van der Waals surface area contributed by atoms with Crippen LogP contribution in [0.25, 0.3) is 10.8 Å². The fourth-order valence-electron chi connectivity index (χ4n) is 3.48. The Balaban J connectivity index is 1.68. The van der Waals surface area contributed by atoms with Gasteiger partial charge in [0.05, 0.1) is 6.42 Å². The molecule has 0 aliphatic heterocycles. The predicted octanol–water partition coefficient (Wildman–Crippen LogP) is 2.71. The number of fused-ring (bicyclic) bond motifs is 1. The zero-order valence-corrected chi connectivity index (χ0v) is 13.9. The molecule has 2 N–H and O–H groups in total. The minimum atomic E-state index is -1.08. The van der Waals surface area contributed by atoms with E-state index in [1.165, 1.54) is 0 Å². The third-order valence-corrected chi connectivity index (χ3v) is 4.75. The zero-order chi connectivity index (χ0) is 17.8. The van der Waals surface area contributed by atoms with Crippen LogP contribution in [0.3, 0.4) is 0 Å². The number of nitrogens with one attached hydrogen (secondary N) is 1. The zero-order valence-electron chi connectivity index (χ0n) is 13.9. The molecule has 0 aromatic heterocycles. The molecule has 1 fully saturated rings. The second-order valence-electron chi connectivity index (χ2n) is 6.64. The Morgan fingerprint density at radius 1 is 1.16 bits per heavy atom. The maximum atomic E-state index is 12.3. The quantitative estimate of drug-likeness (QED) is 0.877. The van der Waals surface area contributed by atoms with Gasteiger partial charge in [-0.2, -0.15) is 0 Å². The number of hydrogen-bond donors (Lipinski definition) is 2. The van der Waals surface area contributed by atoms with E-state index in [2.05, 4.69) is 5.32 Å². The SMILES string of the molecule is O=C1CCC[C@H]([C@H](NC(=O)Cc2ccc3ccccc3c2)C(=O)O)C1. The number of carbonyl (C=O) groups is 3. The highest BCUT2D eigenvalue weighted by Crippen LogP contribution is 2.25. The van der Waals surface area contributed by atoms with E-state index in [1.54, 1.807) is 0 Å². The van der Waals surface area contributed by atoms with Crippen LogP contribution in [0.2, 0.25) is 0 Å². The molecule has 5 nitrogen and oxygen atoms in total. The standard InChI is InChI=1S/C20H21NO4/c22-17-7-3-6-16(12-17)19(20(24)25)21-18(23)11-13-8-9-14-4-1-2-5-15(14)10-13/h1-2,4-5,8-10,16,19H,3,6-7,11-12H2,(H,21,23)(H,24,25)/t16-,19-/m0/s1. The van der Waals surface area contributed by atoms with Crippen LogP contribution in [-0.2, 0) is 20.8 Å². The second kappa shape index (κ2) is 7.47. The fourth-order valence-corrected chi connectivity index (χ4v) is 3.48. The molecule has 25 heavy (non-hydrogen) atoms. The average molecular weight is 339 g/mol. The molecule has 0 bridgehead atoms. The van der Waals surface area contributed by atoms with Gasteiger partial charge in [-0.05, 0) is 35.1 Å². The normalized spacial score (nSPS) is 18.7. The summed E-state index contributed by atoms with van der Waals surface area (Å²) in [4.78, 5) is 35.5. The lowest BCUT2D eigenvalue weighted by Gasteiger charge is -2.27. The van der Waals surface area contributed by atoms with E-state index in [0.29, 0.717) is 19.3 Å². The topological polar surface area (TPSA) is 83.5 Å². The minimum absolute atomic E-state index is 0.0753. The van der Waals surface area contributed by atoms with E-state index >= 15 is 0 Å². The van der Waals surface area contributed by atoms with Crippen molar-refractivity contribution in [2.24, 2.45) is 5.92 Å². The molecule has 3 rings (SSSR count). The first-order valence-electron chi connectivity index (χ1n) is 8.54. The summed E-state index contributed by atoms with van der Waals surface area (Å²) in [7, 11) is 0. The number of rotatable bonds is 5. The van der Waals surface area contributed by atoms with Crippen molar-refractivity contribution in [3.63, 3.8) is 0 Å². The van der Waals surface area contributed by atoms with Crippen molar-refractivity contribution in [2.75, 3.05) is 0 Å². The Morgan fingerprint density at radius 3 is 2.64 bits per heavy atom. The average Bonchev–Trinajstić information content (AvgIpc) is 2.59.